The Balaban J connectivity index is 1.73. The zero-order valence-corrected chi connectivity index (χ0v) is 25.9. The molecular formula is C36H48O8. The van der Waals surface area contributed by atoms with Crippen LogP contribution in [0.3, 0.4) is 0 Å². The minimum absolute atomic E-state index is 0.0168. The molecule has 6 atom stereocenters. The van der Waals surface area contributed by atoms with Crippen LogP contribution in [0.4, 0.5) is 4.79 Å². The zero-order chi connectivity index (χ0) is 32.3. The van der Waals surface area contributed by atoms with E-state index in [-0.39, 0.29) is 36.7 Å². The number of rotatable bonds is 18. The molecule has 0 amide bonds. The Hall–Kier alpha value is -3.56. The van der Waals surface area contributed by atoms with Crippen LogP contribution in [0.2, 0.25) is 0 Å². The molecule has 1 saturated carbocycles. The third-order valence-electron chi connectivity index (χ3n) is 7.62. The second kappa shape index (κ2) is 20.4. The topological polar surface area (TPSA) is 123 Å². The van der Waals surface area contributed by atoms with Crippen molar-refractivity contribution in [2.75, 3.05) is 6.61 Å². The summed E-state index contributed by atoms with van der Waals surface area (Å²) in [5.74, 6) is 3.63. The summed E-state index contributed by atoms with van der Waals surface area (Å²) in [5, 5.41) is 31.4. The summed E-state index contributed by atoms with van der Waals surface area (Å²) >= 11 is 0. The van der Waals surface area contributed by atoms with Gasteiger partial charge in [-0.2, -0.15) is 0 Å². The minimum Gasteiger partial charge on any atom is -0.434 e. The molecule has 8 heteroatoms. The highest BCUT2D eigenvalue weighted by Crippen LogP contribution is 2.36. The molecule has 1 aliphatic rings. The largest absolute Gasteiger partial charge is 0.511 e. The van der Waals surface area contributed by atoms with Gasteiger partial charge in [0, 0.05) is 43.4 Å². The summed E-state index contributed by atoms with van der Waals surface area (Å²) in [5.41, 5.74) is 1.16. The fraction of sp³-hybridized carbons (Fsp3) is 0.556. The van der Waals surface area contributed by atoms with E-state index in [1.165, 1.54) is 0 Å². The van der Waals surface area contributed by atoms with Crippen molar-refractivity contribution < 1.29 is 39.1 Å². The fourth-order valence-corrected chi connectivity index (χ4v) is 5.08. The van der Waals surface area contributed by atoms with Crippen LogP contribution in [0.15, 0.2) is 54.6 Å². The molecule has 1 aromatic carbocycles. The van der Waals surface area contributed by atoms with Gasteiger partial charge in [-0.3, -0.25) is 4.79 Å². The van der Waals surface area contributed by atoms with Gasteiger partial charge >= 0.3 is 12.1 Å². The zero-order valence-electron chi connectivity index (χ0n) is 25.9. The van der Waals surface area contributed by atoms with Crippen molar-refractivity contribution in [2.24, 2.45) is 23.7 Å². The Morgan fingerprint density at radius 2 is 1.75 bits per heavy atom. The molecule has 0 heterocycles. The van der Waals surface area contributed by atoms with Crippen LogP contribution in [-0.2, 0) is 25.4 Å². The van der Waals surface area contributed by atoms with Crippen molar-refractivity contribution in [3.63, 3.8) is 0 Å². The van der Waals surface area contributed by atoms with E-state index in [0.29, 0.717) is 44.9 Å². The number of aliphatic hydroxyl groups excluding tert-OH is 3. The lowest BCUT2D eigenvalue weighted by Gasteiger charge is -2.21. The van der Waals surface area contributed by atoms with E-state index in [0.717, 1.165) is 12.0 Å². The third kappa shape index (κ3) is 13.8. The van der Waals surface area contributed by atoms with E-state index in [4.69, 9.17) is 27.1 Å². The molecule has 0 aromatic heterocycles. The molecule has 2 rings (SSSR count). The molecule has 1 aliphatic carbocycles. The standard InChI is InChI=1S/C36H48O8/c1-5-14-28(15-6-2)25-42-36(41)44-35(26(3)4)43-34(40)19-13-8-7-12-18-30-31(33(39)24-32(30)38)23-22-29(37)21-20-27-16-10-9-11-17-27/h1-2,7,9-12,16-17,22-23,26,28-33,35,37-39H,8,13-15,18-21,24-25H2,3-4H3/b12-7-,23-22+/t29-,30+,31+,32-,33+,35?/m0/s1. The van der Waals surface area contributed by atoms with Crippen LogP contribution < -0.4 is 0 Å². The number of carbonyl (C=O) groups is 2. The highest BCUT2D eigenvalue weighted by Gasteiger charge is 2.39. The van der Waals surface area contributed by atoms with Crippen LogP contribution in [0, 0.1) is 48.4 Å². The van der Waals surface area contributed by atoms with Gasteiger partial charge in [-0.25, -0.2) is 4.79 Å². The number of esters is 1. The summed E-state index contributed by atoms with van der Waals surface area (Å²) in [6, 6.07) is 9.95. The molecule has 3 N–H and O–H groups in total. The van der Waals surface area contributed by atoms with Gasteiger partial charge < -0.3 is 29.5 Å². The summed E-state index contributed by atoms with van der Waals surface area (Å²) in [6.07, 6.45) is 18.3. The van der Waals surface area contributed by atoms with Crippen molar-refractivity contribution in [3.8, 4) is 24.7 Å². The van der Waals surface area contributed by atoms with E-state index in [1.807, 2.05) is 48.6 Å². The maximum absolute atomic E-state index is 12.4. The van der Waals surface area contributed by atoms with Gasteiger partial charge in [0.25, 0.3) is 6.29 Å². The second-order valence-electron chi connectivity index (χ2n) is 11.7. The number of aliphatic hydroxyl groups is 3. The molecule has 44 heavy (non-hydrogen) atoms. The van der Waals surface area contributed by atoms with Gasteiger partial charge in [0.1, 0.15) is 0 Å². The summed E-state index contributed by atoms with van der Waals surface area (Å²) in [6.45, 7) is 3.54. The Labute approximate surface area is 262 Å². The van der Waals surface area contributed by atoms with Crippen molar-refractivity contribution in [1.29, 1.82) is 0 Å². The van der Waals surface area contributed by atoms with Gasteiger partial charge in [-0.05, 0) is 43.6 Å². The smallest absolute Gasteiger partial charge is 0.434 e. The fourth-order valence-electron chi connectivity index (χ4n) is 5.08. The average Bonchev–Trinajstić information content (AvgIpc) is 3.26. The minimum atomic E-state index is -1.08. The van der Waals surface area contributed by atoms with Crippen molar-refractivity contribution >= 4 is 12.1 Å². The number of carbonyl (C=O) groups excluding carboxylic acids is 2. The summed E-state index contributed by atoms with van der Waals surface area (Å²) in [7, 11) is 0. The number of unbranched alkanes of at least 4 members (excludes halogenated alkanes) is 1. The highest BCUT2D eigenvalue weighted by atomic mass is 16.8. The Morgan fingerprint density at radius 1 is 1.05 bits per heavy atom. The van der Waals surface area contributed by atoms with E-state index >= 15 is 0 Å². The normalized spacial score (nSPS) is 21.3. The maximum atomic E-state index is 12.4. The Bertz CT molecular complexity index is 1110. The van der Waals surface area contributed by atoms with Crippen molar-refractivity contribution in [1.82, 2.24) is 0 Å². The van der Waals surface area contributed by atoms with Gasteiger partial charge in [0.05, 0.1) is 24.9 Å². The van der Waals surface area contributed by atoms with Crippen LogP contribution in [-0.4, -0.2) is 58.7 Å². The lowest BCUT2D eigenvalue weighted by molar-refractivity contribution is -0.179. The molecule has 1 aromatic rings. The van der Waals surface area contributed by atoms with E-state index in [9.17, 15) is 24.9 Å². The number of hydrogen-bond acceptors (Lipinski definition) is 8. The first-order valence-corrected chi connectivity index (χ1v) is 15.5. The molecule has 0 aliphatic heterocycles. The quantitative estimate of drug-likeness (QED) is 0.0670. The SMILES string of the molecule is C#CCC(CC#C)COC(=O)OC(OC(=O)CCC/C=C\C[C@@H]1[C@@H](/C=C/[C@@H](O)CCc2ccccc2)[C@H](O)C[C@@H]1O)C(C)C. The predicted octanol–water partition coefficient (Wildman–Crippen LogP) is 5.35. The second-order valence-corrected chi connectivity index (χ2v) is 11.7. The summed E-state index contributed by atoms with van der Waals surface area (Å²) < 4.78 is 15.7. The monoisotopic (exact) mass is 608 g/mol. The van der Waals surface area contributed by atoms with Gasteiger partial charge in [-0.1, -0.05) is 68.5 Å². The number of terminal acetylenes is 2. The molecule has 0 bridgehead atoms. The molecule has 1 fully saturated rings. The maximum Gasteiger partial charge on any atom is 0.511 e. The van der Waals surface area contributed by atoms with Crippen molar-refractivity contribution in [2.45, 2.75) is 96.2 Å². The first-order valence-electron chi connectivity index (χ1n) is 15.5. The highest BCUT2D eigenvalue weighted by molar-refractivity contribution is 5.69. The number of ether oxygens (including phenoxy) is 3. The number of hydrogen-bond donors (Lipinski definition) is 3. The third-order valence-corrected chi connectivity index (χ3v) is 7.62. The predicted molar refractivity (Wildman–Crippen MR) is 169 cm³/mol. The van der Waals surface area contributed by atoms with E-state index in [1.54, 1.807) is 19.9 Å². The Morgan fingerprint density at radius 3 is 2.41 bits per heavy atom. The molecule has 1 unspecified atom stereocenters. The number of benzene rings is 1. The van der Waals surface area contributed by atoms with E-state index < -0.39 is 36.7 Å². The molecular weight excluding hydrogens is 560 g/mol. The van der Waals surface area contributed by atoms with E-state index in [2.05, 4.69) is 11.8 Å². The van der Waals surface area contributed by atoms with Crippen LogP contribution in [0.1, 0.15) is 70.8 Å². The lowest BCUT2D eigenvalue weighted by atomic mass is 9.89. The van der Waals surface area contributed by atoms with Gasteiger partial charge in [-0.15, -0.1) is 24.7 Å². The van der Waals surface area contributed by atoms with Crippen LogP contribution >= 0.6 is 0 Å². The number of aryl methyl sites for hydroxylation is 1. The first-order chi connectivity index (χ1) is 21.1. The van der Waals surface area contributed by atoms with Gasteiger partial charge in [0.2, 0.25) is 0 Å². The average molecular weight is 609 g/mol. The molecule has 0 spiro atoms. The van der Waals surface area contributed by atoms with Crippen LogP contribution in [0.5, 0.6) is 0 Å². The first kappa shape index (κ1) is 36.6. The molecule has 0 saturated heterocycles. The molecule has 240 valence electrons. The van der Waals surface area contributed by atoms with Gasteiger partial charge in [0.15, 0.2) is 0 Å². The molecule has 0 radical (unpaired) electrons. The molecule has 8 nitrogen and oxygen atoms in total. The lowest BCUT2D eigenvalue weighted by Crippen LogP contribution is -2.30. The van der Waals surface area contributed by atoms with Crippen LogP contribution in [0.25, 0.3) is 0 Å². The number of allylic oxidation sites excluding steroid dienone is 2. The van der Waals surface area contributed by atoms with Crippen molar-refractivity contribution in [3.05, 3.63) is 60.2 Å². The Kier molecular flexibility index (Phi) is 17.0. The summed E-state index contributed by atoms with van der Waals surface area (Å²) in [4.78, 5) is 24.5.